The van der Waals surface area contributed by atoms with Crippen LogP contribution in [0.5, 0.6) is 0 Å². The summed E-state index contributed by atoms with van der Waals surface area (Å²) in [5.74, 6) is 0. The summed E-state index contributed by atoms with van der Waals surface area (Å²) < 4.78 is 1.35. The molecular formula is C40H29NS. The van der Waals surface area contributed by atoms with Gasteiger partial charge < -0.3 is 4.90 Å². The van der Waals surface area contributed by atoms with Gasteiger partial charge in [0.05, 0.1) is 5.69 Å². The van der Waals surface area contributed by atoms with Crippen molar-refractivity contribution in [3.63, 3.8) is 0 Å². The van der Waals surface area contributed by atoms with E-state index in [2.05, 4.69) is 157 Å². The van der Waals surface area contributed by atoms with Gasteiger partial charge in [-0.05, 0) is 93.9 Å². The van der Waals surface area contributed by atoms with Crippen molar-refractivity contribution in [3.05, 3.63) is 156 Å². The smallest absolute Gasteiger partial charge is 0.0551 e. The Bertz CT molecular complexity index is 2080. The number of thiophene rings is 1. The Morgan fingerprint density at radius 2 is 1.31 bits per heavy atom. The molecule has 0 bridgehead atoms. The van der Waals surface area contributed by atoms with Gasteiger partial charge in [-0.2, -0.15) is 0 Å². The minimum absolute atomic E-state index is 1.08. The summed E-state index contributed by atoms with van der Waals surface area (Å²) in [6.45, 7) is 0. The lowest BCUT2D eigenvalue weighted by molar-refractivity contribution is 1.01. The highest BCUT2D eigenvalue weighted by molar-refractivity contribution is 7.20. The summed E-state index contributed by atoms with van der Waals surface area (Å²) in [4.78, 5) is 3.85. The fourth-order valence-corrected chi connectivity index (χ4v) is 7.55. The number of allylic oxidation sites excluding steroid dienone is 1. The van der Waals surface area contributed by atoms with E-state index in [-0.39, 0.29) is 0 Å². The number of anilines is 3. The van der Waals surface area contributed by atoms with Gasteiger partial charge in [-0.15, -0.1) is 11.3 Å². The molecule has 0 saturated heterocycles. The SMILES string of the molecule is C1=Cc2sc3cccc(N(c4ccc(-c5ccccc5)cc4)c4cccc(-c5cccc6ccccc56)c4)c3c2CC1. The van der Waals surface area contributed by atoms with E-state index in [0.717, 1.165) is 24.2 Å². The second-order valence-electron chi connectivity index (χ2n) is 10.9. The van der Waals surface area contributed by atoms with E-state index in [4.69, 9.17) is 0 Å². The molecule has 1 aromatic heterocycles. The molecule has 0 radical (unpaired) electrons. The minimum Gasteiger partial charge on any atom is -0.310 e. The molecule has 1 aliphatic carbocycles. The van der Waals surface area contributed by atoms with Crippen molar-refractivity contribution in [3.8, 4) is 22.3 Å². The van der Waals surface area contributed by atoms with Crippen molar-refractivity contribution >= 4 is 55.3 Å². The fourth-order valence-electron chi connectivity index (χ4n) is 6.35. The number of fused-ring (bicyclic) bond motifs is 4. The average Bonchev–Trinajstić information content (AvgIpc) is 3.45. The van der Waals surface area contributed by atoms with Crippen LogP contribution in [0.25, 0.3) is 49.2 Å². The average molecular weight is 556 g/mol. The molecule has 8 rings (SSSR count). The molecule has 2 heteroatoms. The Kier molecular flexibility index (Phi) is 6.20. The van der Waals surface area contributed by atoms with Crippen LogP contribution in [0.15, 0.2) is 146 Å². The van der Waals surface area contributed by atoms with Crippen molar-refractivity contribution in [2.75, 3.05) is 4.90 Å². The lowest BCUT2D eigenvalue weighted by Gasteiger charge is -2.28. The molecule has 1 heterocycles. The topological polar surface area (TPSA) is 3.24 Å². The Morgan fingerprint density at radius 3 is 2.21 bits per heavy atom. The lowest BCUT2D eigenvalue weighted by atomic mass is 9.97. The van der Waals surface area contributed by atoms with Gasteiger partial charge in [-0.25, -0.2) is 0 Å². The maximum absolute atomic E-state index is 2.46. The summed E-state index contributed by atoms with van der Waals surface area (Å²) in [7, 11) is 0. The van der Waals surface area contributed by atoms with E-state index in [0.29, 0.717) is 0 Å². The van der Waals surface area contributed by atoms with Crippen molar-refractivity contribution < 1.29 is 0 Å². The Hall–Kier alpha value is -4.92. The quantitative estimate of drug-likeness (QED) is 0.204. The molecule has 7 aromatic rings. The van der Waals surface area contributed by atoms with E-state index in [1.807, 2.05) is 11.3 Å². The molecule has 0 fully saturated rings. The van der Waals surface area contributed by atoms with Crippen LogP contribution in [0.2, 0.25) is 0 Å². The van der Waals surface area contributed by atoms with Gasteiger partial charge in [0.1, 0.15) is 0 Å². The molecule has 0 saturated carbocycles. The predicted octanol–water partition coefficient (Wildman–Crippen LogP) is 11.8. The Labute approximate surface area is 250 Å². The zero-order valence-electron chi connectivity index (χ0n) is 23.2. The summed E-state index contributed by atoms with van der Waals surface area (Å²) >= 11 is 1.91. The highest BCUT2D eigenvalue weighted by Crippen LogP contribution is 2.46. The van der Waals surface area contributed by atoms with Crippen molar-refractivity contribution in [1.29, 1.82) is 0 Å². The highest BCUT2D eigenvalue weighted by Gasteiger charge is 2.21. The number of nitrogens with zero attached hydrogens (tertiary/aromatic N) is 1. The molecule has 0 unspecified atom stereocenters. The molecule has 1 aliphatic rings. The van der Waals surface area contributed by atoms with E-state index >= 15 is 0 Å². The van der Waals surface area contributed by atoms with E-state index in [1.54, 1.807) is 0 Å². The zero-order valence-corrected chi connectivity index (χ0v) is 24.0. The Balaban J connectivity index is 1.33. The molecule has 0 atom stereocenters. The van der Waals surface area contributed by atoms with Crippen molar-refractivity contribution in [1.82, 2.24) is 0 Å². The van der Waals surface area contributed by atoms with Crippen LogP contribution in [-0.4, -0.2) is 0 Å². The summed E-state index contributed by atoms with van der Waals surface area (Å²) in [6.07, 6.45) is 6.80. The maximum Gasteiger partial charge on any atom is 0.0551 e. The minimum atomic E-state index is 1.08. The van der Waals surface area contributed by atoms with Crippen LogP contribution in [-0.2, 0) is 6.42 Å². The second kappa shape index (κ2) is 10.5. The molecule has 1 nitrogen and oxygen atoms in total. The number of benzene rings is 6. The fraction of sp³-hybridized carbons (Fsp3) is 0.0500. The zero-order chi connectivity index (χ0) is 27.9. The number of hydrogen-bond acceptors (Lipinski definition) is 2. The van der Waals surface area contributed by atoms with Gasteiger partial charge >= 0.3 is 0 Å². The predicted molar refractivity (Wildman–Crippen MR) is 182 cm³/mol. The van der Waals surface area contributed by atoms with Crippen molar-refractivity contribution in [2.24, 2.45) is 0 Å². The van der Waals surface area contributed by atoms with Crippen LogP contribution in [0.1, 0.15) is 16.9 Å². The number of rotatable bonds is 5. The number of aryl methyl sites for hydroxylation is 1. The standard InChI is InChI=1S/C40H29NS/c1-2-11-28(12-3-1)29-23-25-32(26-24-29)41(37-20-10-22-39-40(37)36-18-6-7-21-38(36)42-39)33-16-8-15-31(27-33)35-19-9-14-30-13-4-5-17-34(30)35/h1-5,7-17,19-27H,6,18H2. The molecular weight excluding hydrogens is 527 g/mol. The van der Waals surface area contributed by atoms with Gasteiger partial charge in [-0.3, -0.25) is 0 Å². The molecule has 0 aliphatic heterocycles. The molecule has 0 amide bonds. The lowest BCUT2D eigenvalue weighted by Crippen LogP contribution is -2.11. The summed E-state index contributed by atoms with van der Waals surface area (Å²) in [6, 6.07) is 50.7. The van der Waals surface area contributed by atoms with E-state index in [9.17, 15) is 0 Å². The third kappa shape index (κ3) is 4.32. The van der Waals surface area contributed by atoms with Crippen LogP contribution < -0.4 is 4.90 Å². The molecule has 0 N–H and O–H groups in total. The van der Waals surface area contributed by atoms with Crippen molar-refractivity contribution in [2.45, 2.75) is 12.8 Å². The van der Waals surface area contributed by atoms with Gasteiger partial charge in [0.15, 0.2) is 0 Å². The first-order valence-corrected chi connectivity index (χ1v) is 15.4. The maximum atomic E-state index is 2.46. The summed E-state index contributed by atoms with van der Waals surface area (Å²) in [5, 5.41) is 3.91. The third-order valence-electron chi connectivity index (χ3n) is 8.33. The first kappa shape index (κ1) is 24.8. The van der Waals surface area contributed by atoms with Gasteiger partial charge in [0, 0.05) is 26.3 Å². The molecule has 0 spiro atoms. The van der Waals surface area contributed by atoms with Gasteiger partial charge in [-0.1, -0.05) is 109 Å². The number of hydrogen-bond donors (Lipinski definition) is 0. The van der Waals surface area contributed by atoms with Gasteiger partial charge in [0.2, 0.25) is 0 Å². The van der Waals surface area contributed by atoms with Gasteiger partial charge in [0.25, 0.3) is 0 Å². The largest absolute Gasteiger partial charge is 0.310 e. The van der Waals surface area contributed by atoms with E-state index < -0.39 is 0 Å². The normalized spacial score (nSPS) is 12.5. The molecule has 6 aromatic carbocycles. The van der Waals surface area contributed by atoms with Crippen LogP contribution in [0.3, 0.4) is 0 Å². The first-order chi connectivity index (χ1) is 20.8. The molecule has 42 heavy (non-hydrogen) atoms. The molecule has 200 valence electrons. The second-order valence-corrected chi connectivity index (χ2v) is 11.9. The monoisotopic (exact) mass is 555 g/mol. The highest BCUT2D eigenvalue weighted by atomic mass is 32.1. The van der Waals surface area contributed by atoms with Crippen LogP contribution in [0, 0.1) is 0 Å². The van der Waals surface area contributed by atoms with E-state index in [1.165, 1.54) is 59.2 Å². The Morgan fingerprint density at radius 1 is 0.571 bits per heavy atom. The third-order valence-corrected chi connectivity index (χ3v) is 9.49. The first-order valence-electron chi connectivity index (χ1n) is 14.6. The van der Waals surface area contributed by atoms with Crippen LogP contribution >= 0.6 is 11.3 Å². The van der Waals surface area contributed by atoms with Crippen LogP contribution in [0.4, 0.5) is 17.1 Å². The summed E-state index contributed by atoms with van der Waals surface area (Å²) in [5.41, 5.74) is 9.96.